The maximum atomic E-state index is 12.5. The molecule has 3 rings (SSSR count). The number of anilines is 1. The summed E-state index contributed by atoms with van der Waals surface area (Å²) in [6, 6.07) is 16.1. The van der Waals surface area contributed by atoms with Crippen LogP contribution in [0.2, 0.25) is 0 Å². The highest BCUT2D eigenvalue weighted by atomic mass is 79.9. The minimum Gasteiger partial charge on any atom is -0.497 e. The molecule has 11 heteroatoms. The Labute approximate surface area is 234 Å². The van der Waals surface area contributed by atoms with Gasteiger partial charge in [-0.15, -0.1) is 0 Å². The van der Waals surface area contributed by atoms with Crippen LogP contribution in [0.5, 0.6) is 17.2 Å². The molecule has 3 amide bonds. The fourth-order valence-electron chi connectivity index (χ4n) is 3.50. The van der Waals surface area contributed by atoms with E-state index in [1.165, 1.54) is 13.3 Å². The molecule has 204 valence electrons. The van der Waals surface area contributed by atoms with Crippen molar-refractivity contribution >= 4 is 45.6 Å². The van der Waals surface area contributed by atoms with Gasteiger partial charge in [0.15, 0.2) is 18.1 Å². The van der Waals surface area contributed by atoms with Crippen LogP contribution in [0.15, 0.2) is 64.2 Å². The first kappa shape index (κ1) is 29.2. The van der Waals surface area contributed by atoms with E-state index >= 15 is 0 Å². The van der Waals surface area contributed by atoms with Crippen molar-refractivity contribution in [1.82, 2.24) is 10.7 Å². The molecule has 0 radical (unpaired) electrons. The molecule has 0 bridgehead atoms. The van der Waals surface area contributed by atoms with Crippen molar-refractivity contribution in [2.45, 2.75) is 20.4 Å². The Morgan fingerprint density at radius 2 is 1.64 bits per heavy atom. The van der Waals surface area contributed by atoms with E-state index in [4.69, 9.17) is 14.2 Å². The summed E-state index contributed by atoms with van der Waals surface area (Å²) in [5.74, 6) is -0.702. The van der Waals surface area contributed by atoms with Crippen LogP contribution in [0.4, 0.5) is 5.69 Å². The number of rotatable bonds is 10. The molecular weight excluding hydrogens is 568 g/mol. The zero-order valence-corrected chi connectivity index (χ0v) is 23.5. The summed E-state index contributed by atoms with van der Waals surface area (Å²) < 4.78 is 16.7. The van der Waals surface area contributed by atoms with Gasteiger partial charge in [-0.25, -0.2) is 5.43 Å². The Morgan fingerprint density at radius 1 is 0.949 bits per heavy atom. The predicted octanol–water partition coefficient (Wildman–Crippen LogP) is 3.87. The topological polar surface area (TPSA) is 127 Å². The zero-order chi connectivity index (χ0) is 28.4. The lowest BCUT2D eigenvalue weighted by molar-refractivity contribution is -0.139. The fraction of sp³-hybridized carbons (Fsp3) is 0.214. The van der Waals surface area contributed by atoms with E-state index in [-0.39, 0.29) is 19.1 Å². The van der Waals surface area contributed by atoms with Gasteiger partial charge in [0.25, 0.3) is 5.91 Å². The number of amides is 3. The first-order valence-corrected chi connectivity index (χ1v) is 12.6. The normalized spacial score (nSPS) is 10.6. The minimum absolute atomic E-state index is 0.175. The second-order valence-electron chi connectivity index (χ2n) is 8.37. The van der Waals surface area contributed by atoms with Gasteiger partial charge in [-0.3, -0.25) is 14.4 Å². The van der Waals surface area contributed by atoms with Crippen LogP contribution in [-0.2, 0) is 20.9 Å². The Kier molecular flexibility index (Phi) is 10.4. The number of hydrogen-bond acceptors (Lipinski definition) is 7. The molecule has 0 heterocycles. The second-order valence-corrected chi connectivity index (χ2v) is 9.22. The Hall–Kier alpha value is -4.38. The molecule has 0 fully saturated rings. The highest BCUT2D eigenvalue weighted by molar-refractivity contribution is 9.10. The van der Waals surface area contributed by atoms with Crippen LogP contribution in [0.1, 0.15) is 22.3 Å². The van der Waals surface area contributed by atoms with Gasteiger partial charge in [-0.05, 0) is 76.3 Å². The maximum Gasteiger partial charge on any atom is 0.329 e. The third kappa shape index (κ3) is 8.30. The summed E-state index contributed by atoms with van der Waals surface area (Å²) in [7, 11) is 3.02. The standard InChI is InChI=1S/C28H29BrN4O6/c1-17-6-5-7-18(2)25(17)32-24(34)16-39-26-22(29)12-20(13-23(26)38-4)15-31-33-28(36)27(35)30-14-19-8-10-21(37-3)11-9-19/h5-13,15H,14,16H2,1-4H3,(H,30,35)(H,32,34)(H,33,36)/b31-15-. The van der Waals surface area contributed by atoms with Gasteiger partial charge in [0.1, 0.15) is 5.75 Å². The summed E-state index contributed by atoms with van der Waals surface area (Å²) in [6.07, 6.45) is 1.35. The van der Waals surface area contributed by atoms with E-state index in [1.807, 2.05) is 32.0 Å². The zero-order valence-electron chi connectivity index (χ0n) is 22.0. The number of ether oxygens (including phenoxy) is 3. The van der Waals surface area contributed by atoms with Crippen LogP contribution in [0, 0.1) is 13.8 Å². The van der Waals surface area contributed by atoms with Gasteiger partial charge < -0.3 is 24.8 Å². The molecule has 3 aromatic rings. The van der Waals surface area contributed by atoms with Gasteiger partial charge in [-0.1, -0.05) is 30.3 Å². The lowest BCUT2D eigenvalue weighted by Gasteiger charge is -2.15. The van der Waals surface area contributed by atoms with Crippen molar-refractivity contribution in [2.24, 2.45) is 5.10 Å². The summed E-state index contributed by atoms with van der Waals surface area (Å²) in [5, 5.41) is 9.23. The van der Waals surface area contributed by atoms with Crippen LogP contribution in [-0.4, -0.2) is 44.8 Å². The van der Waals surface area contributed by atoms with E-state index < -0.39 is 11.8 Å². The van der Waals surface area contributed by atoms with Crippen molar-refractivity contribution in [2.75, 3.05) is 26.1 Å². The molecular formula is C28H29BrN4O6. The average molecular weight is 597 g/mol. The van der Waals surface area contributed by atoms with Gasteiger partial charge in [0.2, 0.25) is 0 Å². The van der Waals surface area contributed by atoms with Crippen molar-refractivity contribution in [1.29, 1.82) is 0 Å². The van der Waals surface area contributed by atoms with E-state index in [9.17, 15) is 14.4 Å². The summed E-state index contributed by atoms with van der Waals surface area (Å²) in [4.78, 5) is 36.6. The molecule has 0 unspecified atom stereocenters. The van der Waals surface area contributed by atoms with Crippen LogP contribution >= 0.6 is 15.9 Å². The monoisotopic (exact) mass is 596 g/mol. The van der Waals surface area contributed by atoms with Crippen molar-refractivity contribution in [3.05, 3.63) is 81.3 Å². The molecule has 0 aliphatic heterocycles. The van der Waals surface area contributed by atoms with Crippen molar-refractivity contribution in [3.8, 4) is 17.2 Å². The molecule has 39 heavy (non-hydrogen) atoms. The number of carbonyl (C=O) groups excluding carboxylic acids is 3. The number of nitrogens with one attached hydrogen (secondary N) is 3. The number of methoxy groups -OCH3 is 2. The first-order chi connectivity index (χ1) is 18.7. The van der Waals surface area contributed by atoms with Gasteiger partial charge in [0, 0.05) is 12.2 Å². The smallest absolute Gasteiger partial charge is 0.329 e. The molecule has 0 aromatic heterocycles. The van der Waals surface area contributed by atoms with Gasteiger partial charge in [0.05, 0.1) is 24.9 Å². The molecule has 0 aliphatic rings. The van der Waals surface area contributed by atoms with Crippen molar-refractivity contribution < 1.29 is 28.6 Å². The SMILES string of the molecule is COc1ccc(CNC(=O)C(=O)N/N=C\c2cc(Br)c(OCC(=O)Nc3c(C)cccc3C)c(OC)c2)cc1. The Bertz CT molecular complexity index is 1350. The molecule has 0 saturated carbocycles. The predicted molar refractivity (Wildman–Crippen MR) is 151 cm³/mol. The number of halogens is 1. The summed E-state index contributed by atoms with van der Waals surface area (Å²) >= 11 is 3.42. The number of aryl methyl sites for hydroxylation is 2. The lowest BCUT2D eigenvalue weighted by atomic mass is 10.1. The molecule has 10 nitrogen and oxygen atoms in total. The summed E-state index contributed by atoms with van der Waals surface area (Å²) in [6.45, 7) is 3.77. The number of para-hydroxylation sites is 1. The van der Waals surface area contributed by atoms with Gasteiger partial charge >= 0.3 is 11.8 Å². The lowest BCUT2D eigenvalue weighted by Crippen LogP contribution is -2.37. The first-order valence-electron chi connectivity index (χ1n) is 11.8. The number of nitrogens with zero attached hydrogens (tertiary/aromatic N) is 1. The largest absolute Gasteiger partial charge is 0.497 e. The summed E-state index contributed by atoms with van der Waals surface area (Å²) in [5.41, 5.74) is 6.19. The highest BCUT2D eigenvalue weighted by Gasteiger charge is 2.15. The molecule has 0 spiro atoms. The molecule has 0 saturated heterocycles. The Morgan fingerprint density at radius 3 is 2.28 bits per heavy atom. The average Bonchev–Trinajstić information content (AvgIpc) is 2.93. The van der Waals surface area contributed by atoms with Crippen LogP contribution in [0.3, 0.4) is 0 Å². The van der Waals surface area contributed by atoms with E-state index in [1.54, 1.807) is 43.5 Å². The quantitative estimate of drug-likeness (QED) is 0.185. The third-order valence-corrected chi connectivity index (χ3v) is 6.13. The molecule has 3 N–H and O–H groups in total. The van der Waals surface area contributed by atoms with Gasteiger partial charge in [-0.2, -0.15) is 5.10 Å². The van der Waals surface area contributed by atoms with Crippen LogP contribution in [0.25, 0.3) is 0 Å². The number of hydrazone groups is 1. The van der Waals surface area contributed by atoms with Crippen molar-refractivity contribution in [3.63, 3.8) is 0 Å². The molecule has 0 atom stereocenters. The number of hydrogen-bond donors (Lipinski definition) is 3. The molecule has 0 aliphatic carbocycles. The minimum atomic E-state index is -0.916. The maximum absolute atomic E-state index is 12.5. The number of carbonyl (C=O) groups is 3. The Balaban J connectivity index is 1.55. The third-order valence-electron chi connectivity index (χ3n) is 5.54. The van der Waals surface area contributed by atoms with E-state index in [2.05, 4.69) is 37.1 Å². The van der Waals surface area contributed by atoms with E-state index in [0.717, 1.165) is 22.4 Å². The molecule has 3 aromatic carbocycles. The second kappa shape index (κ2) is 14.0. The van der Waals surface area contributed by atoms with E-state index in [0.29, 0.717) is 27.3 Å². The fourth-order valence-corrected chi connectivity index (χ4v) is 4.08. The highest BCUT2D eigenvalue weighted by Crippen LogP contribution is 2.36. The van der Waals surface area contributed by atoms with Crippen LogP contribution < -0.4 is 30.3 Å². The number of benzene rings is 3.